The van der Waals surface area contributed by atoms with E-state index in [1.54, 1.807) is 4.57 Å². The topological polar surface area (TPSA) is 54.9 Å². The van der Waals surface area contributed by atoms with Crippen LogP contribution in [0.15, 0.2) is 43.8 Å². The molecule has 1 aromatic heterocycles. The molecule has 2 aromatic rings. The molecule has 0 aliphatic carbocycles. The van der Waals surface area contributed by atoms with Crippen molar-refractivity contribution in [3.05, 3.63) is 56.2 Å². The predicted molar refractivity (Wildman–Crippen MR) is 81.7 cm³/mol. The zero-order valence-corrected chi connectivity index (χ0v) is 12.9. The van der Waals surface area contributed by atoms with Gasteiger partial charge in [-0.05, 0) is 51.0 Å². The molecule has 20 heavy (non-hydrogen) atoms. The smallest absolute Gasteiger partial charge is 0.285 e. The third kappa shape index (κ3) is 3.22. The molecule has 0 saturated carbocycles. The van der Waals surface area contributed by atoms with Gasteiger partial charge in [-0.25, -0.2) is 4.79 Å². The van der Waals surface area contributed by atoms with Gasteiger partial charge in [-0.2, -0.15) is 0 Å². The summed E-state index contributed by atoms with van der Waals surface area (Å²) in [4.78, 5) is 26.8. The first-order valence-electron chi connectivity index (χ1n) is 6.49. The molecule has 0 bridgehead atoms. The lowest BCUT2D eigenvalue weighted by molar-refractivity contribution is 0.515. The summed E-state index contributed by atoms with van der Waals surface area (Å²) in [6.07, 6.45) is 0. The second-order valence-electron chi connectivity index (χ2n) is 5.17. The summed E-state index contributed by atoms with van der Waals surface area (Å²) in [6, 6.07) is 7.66. The van der Waals surface area contributed by atoms with Gasteiger partial charge in [0.1, 0.15) is 0 Å². The molecule has 0 aliphatic heterocycles. The van der Waals surface area contributed by atoms with E-state index in [-0.39, 0.29) is 17.3 Å². The van der Waals surface area contributed by atoms with E-state index in [1.165, 1.54) is 17.8 Å². The number of nitrogens with one attached hydrogen (secondary N) is 1. The highest BCUT2D eigenvalue weighted by Crippen LogP contribution is 2.28. The minimum Gasteiger partial charge on any atom is -0.285 e. The standard InChI is InChI=1S/C15H18N2O2S/c1-9(2)17-14(8-13(18)16-15(17)19)20-12-6-10(3)5-11(4)7-12/h5-9H,1-4H3,(H,16,18,19). The van der Waals surface area contributed by atoms with Crippen LogP contribution in [0.25, 0.3) is 0 Å². The van der Waals surface area contributed by atoms with E-state index in [0.29, 0.717) is 5.03 Å². The number of benzene rings is 1. The van der Waals surface area contributed by atoms with Crippen molar-refractivity contribution in [3.8, 4) is 0 Å². The lowest BCUT2D eigenvalue weighted by Crippen LogP contribution is -2.31. The van der Waals surface area contributed by atoms with Crippen molar-refractivity contribution in [2.45, 2.75) is 43.7 Å². The second-order valence-corrected chi connectivity index (χ2v) is 6.26. The van der Waals surface area contributed by atoms with Gasteiger partial charge in [0.25, 0.3) is 5.56 Å². The molecule has 0 amide bonds. The minimum absolute atomic E-state index is 0.00671. The van der Waals surface area contributed by atoms with E-state index in [9.17, 15) is 9.59 Å². The van der Waals surface area contributed by atoms with Crippen LogP contribution in [-0.2, 0) is 0 Å². The number of hydrogen-bond donors (Lipinski definition) is 1. The van der Waals surface area contributed by atoms with Gasteiger partial charge in [-0.1, -0.05) is 17.8 Å². The Kier molecular flexibility index (Phi) is 4.18. The number of H-pyrrole nitrogens is 1. The maximum atomic E-state index is 11.9. The maximum Gasteiger partial charge on any atom is 0.329 e. The van der Waals surface area contributed by atoms with E-state index in [1.807, 2.05) is 39.8 Å². The summed E-state index contributed by atoms with van der Waals surface area (Å²) in [5, 5.41) is 0.666. The molecule has 1 N–H and O–H groups in total. The van der Waals surface area contributed by atoms with Crippen molar-refractivity contribution in [1.29, 1.82) is 0 Å². The first-order valence-corrected chi connectivity index (χ1v) is 7.30. The molecule has 5 heteroatoms. The van der Waals surface area contributed by atoms with Crippen molar-refractivity contribution in [1.82, 2.24) is 9.55 Å². The SMILES string of the molecule is Cc1cc(C)cc(Sc2cc(=O)[nH]c(=O)n2C(C)C)c1. The predicted octanol–water partition coefficient (Wildman–Crippen LogP) is 2.89. The Morgan fingerprint density at radius 1 is 1.05 bits per heavy atom. The van der Waals surface area contributed by atoms with Crippen LogP contribution in [-0.4, -0.2) is 9.55 Å². The van der Waals surface area contributed by atoms with Crippen LogP contribution in [0.2, 0.25) is 0 Å². The molecule has 1 heterocycles. The third-order valence-corrected chi connectivity index (χ3v) is 3.87. The lowest BCUT2D eigenvalue weighted by atomic mass is 10.2. The molecule has 0 radical (unpaired) electrons. The van der Waals surface area contributed by atoms with E-state index in [2.05, 4.69) is 11.1 Å². The number of aryl methyl sites for hydroxylation is 2. The van der Waals surface area contributed by atoms with Crippen molar-refractivity contribution in [2.24, 2.45) is 0 Å². The number of aromatic nitrogens is 2. The summed E-state index contributed by atoms with van der Waals surface area (Å²) in [7, 11) is 0. The Bertz CT molecular complexity index is 724. The first kappa shape index (κ1) is 14.7. The van der Waals surface area contributed by atoms with Crippen LogP contribution in [0, 0.1) is 13.8 Å². The molecule has 4 nitrogen and oxygen atoms in total. The van der Waals surface area contributed by atoms with Gasteiger partial charge in [0.2, 0.25) is 0 Å². The monoisotopic (exact) mass is 290 g/mol. The third-order valence-electron chi connectivity index (χ3n) is 2.87. The number of hydrogen-bond acceptors (Lipinski definition) is 3. The normalized spacial score (nSPS) is 11.1. The van der Waals surface area contributed by atoms with E-state index < -0.39 is 0 Å². The Morgan fingerprint density at radius 2 is 1.65 bits per heavy atom. The Hall–Kier alpha value is -1.75. The van der Waals surface area contributed by atoms with Gasteiger partial charge >= 0.3 is 5.69 Å². The number of nitrogens with zero attached hydrogens (tertiary/aromatic N) is 1. The molecule has 0 saturated heterocycles. The number of rotatable bonds is 3. The van der Waals surface area contributed by atoms with E-state index >= 15 is 0 Å². The highest BCUT2D eigenvalue weighted by atomic mass is 32.2. The largest absolute Gasteiger partial charge is 0.329 e. The van der Waals surface area contributed by atoms with Gasteiger partial charge in [0.15, 0.2) is 0 Å². The van der Waals surface area contributed by atoms with E-state index in [0.717, 1.165) is 16.0 Å². The second kappa shape index (κ2) is 5.71. The van der Waals surface area contributed by atoms with Gasteiger partial charge in [0, 0.05) is 17.0 Å². The van der Waals surface area contributed by atoms with Gasteiger partial charge in [-0.3, -0.25) is 14.3 Å². The van der Waals surface area contributed by atoms with Crippen molar-refractivity contribution < 1.29 is 0 Å². The average Bonchev–Trinajstić information content (AvgIpc) is 2.25. The number of aromatic amines is 1. The average molecular weight is 290 g/mol. The van der Waals surface area contributed by atoms with E-state index in [4.69, 9.17) is 0 Å². The molecule has 0 fully saturated rings. The Morgan fingerprint density at radius 3 is 2.20 bits per heavy atom. The highest BCUT2D eigenvalue weighted by molar-refractivity contribution is 7.99. The Balaban J connectivity index is 2.52. The first-order chi connectivity index (χ1) is 9.36. The molecule has 0 spiro atoms. The van der Waals surface area contributed by atoms with Gasteiger partial charge < -0.3 is 0 Å². The summed E-state index contributed by atoms with van der Waals surface area (Å²) in [5.41, 5.74) is 1.60. The van der Waals surface area contributed by atoms with Crippen LogP contribution in [0.3, 0.4) is 0 Å². The summed E-state index contributed by atoms with van der Waals surface area (Å²) >= 11 is 1.44. The summed E-state index contributed by atoms with van der Waals surface area (Å²) in [5.74, 6) is 0. The van der Waals surface area contributed by atoms with Crippen LogP contribution in [0.5, 0.6) is 0 Å². The van der Waals surface area contributed by atoms with Gasteiger partial charge in [-0.15, -0.1) is 0 Å². The fraction of sp³-hybridized carbons (Fsp3) is 0.333. The molecule has 2 rings (SSSR count). The van der Waals surface area contributed by atoms with Crippen molar-refractivity contribution in [3.63, 3.8) is 0 Å². The van der Waals surface area contributed by atoms with Crippen LogP contribution >= 0.6 is 11.8 Å². The van der Waals surface area contributed by atoms with Crippen molar-refractivity contribution in [2.75, 3.05) is 0 Å². The van der Waals surface area contributed by atoms with Gasteiger partial charge in [0.05, 0.1) is 5.03 Å². The molecule has 0 unspecified atom stereocenters. The zero-order valence-electron chi connectivity index (χ0n) is 12.1. The maximum absolute atomic E-state index is 11.9. The molecule has 1 aromatic carbocycles. The zero-order chi connectivity index (χ0) is 14.9. The fourth-order valence-corrected chi connectivity index (χ4v) is 3.45. The van der Waals surface area contributed by atoms with Crippen LogP contribution in [0.1, 0.15) is 31.0 Å². The Labute approximate surface area is 121 Å². The molecular formula is C15H18N2O2S. The quantitative estimate of drug-likeness (QED) is 0.884. The van der Waals surface area contributed by atoms with Crippen LogP contribution < -0.4 is 11.2 Å². The van der Waals surface area contributed by atoms with Crippen LogP contribution in [0.4, 0.5) is 0 Å². The lowest BCUT2D eigenvalue weighted by Gasteiger charge is -2.15. The van der Waals surface area contributed by atoms with Crippen molar-refractivity contribution >= 4 is 11.8 Å². The fourth-order valence-electron chi connectivity index (χ4n) is 2.16. The highest BCUT2D eigenvalue weighted by Gasteiger charge is 2.11. The molecule has 106 valence electrons. The minimum atomic E-state index is -0.362. The summed E-state index contributed by atoms with van der Waals surface area (Å²) < 4.78 is 1.60. The molecular weight excluding hydrogens is 272 g/mol. The summed E-state index contributed by atoms with van der Waals surface area (Å²) in [6.45, 7) is 7.91. The molecule has 0 aliphatic rings. The molecule has 0 atom stereocenters.